The Hall–Kier alpha value is -3.41. The maximum atomic E-state index is 12.8. The molecule has 3 atom stereocenters. The second-order valence-electron chi connectivity index (χ2n) is 8.30. The van der Waals surface area contributed by atoms with E-state index in [0.717, 1.165) is 11.1 Å². The van der Waals surface area contributed by atoms with Gasteiger partial charge in [0.25, 0.3) is 5.91 Å². The highest BCUT2D eigenvalue weighted by atomic mass is 16.7. The minimum atomic E-state index is -0.322. The van der Waals surface area contributed by atoms with Crippen molar-refractivity contribution in [3.05, 3.63) is 52.9 Å². The van der Waals surface area contributed by atoms with E-state index >= 15 is 0 Å². The lowest BCUT2D eigenvalue weighted by atomic mass is 10.0. The van der Waals surface area contributed by atoms with E-state index in [9.17, 15) is 4.79 Å². The van der Waals surface area contributed by atoms with Crippen LogP contribution in [0.25, 0.3) is 11.1 Å². The van der Waals surface area contributed by atoms with Crippen molar-refractivity contribution in [2.75, 3.05) is 19.8 Å². The molecule has 2 aromatic heterocycles. The fourth-order valence-electron chi connectivity index (χ4n) is 3.93. The summed E-state index contributed by atoms with van der Waals surface area (Å²) in [5, 5.41) is 16.2. The van der Waals surface area contributed by atoms with Crippen LogP contribution >= 0.6 is 0 Å². The number of fused-ring (bicyclic) bond motifs is 1. The van der Waals surface area contributed by atoms with Gasteiger partial charge in [-0.2, -0.15) is 0 Å². The van der Waals surface area contributed by atoms with E-state index in [0.29, 0.717) is 54.9 Å². The number of carbonyl (C=O) groups excluding carboxylic acids is 1. The van der Waals surface area contributed by atoms with Gasteiger partial charge in [-0.1, -0.05) is 11.2 Å². The molecule has 2 aliphatic heterocycles. The van der Waals surface area contributed by atoms with Gasteiger partial charge in [0.2, 0.25) is 0 Å². The van der Waals surface area contributed by atoms with E-state index in [2.05, 4.69) is 25.4 Å². The maximum Gasteiger partial charge on any atom is 0.270 e. The lowest BCUT2D eigenvalue weighted by Gasteiger charge is -2.30. The van der Waals surface area contributed by atoms with Gasteiger partial charge >= 0.3 is 0 Å². The molecule has 1 fully saturated rings. The average molecular weight is 467 g/mol. The summed E-state index contributed by atoms with van der Waals surface area (Å²) in [6.07, 6.45) is -0.463. The normalized spacial score (nSPS) is 22.4. The molecule has 2 unspecified atom stereocenters. The Morgan fingerprint density at radius 1 is 1.12 bits per heavy atom. The molecule has 1 saturated heterocycles. The number of oxazole rings is 1. The number of hydrogen-bond acceptors (Lipinski definition) is 10. The Bertz CT molecular complexity index is 1230. The highest BCUT2D eigenvalue weighted by Crippen LogP contribution is 2.23. The number of aliphatic hydroxyl groups excluding tert-OH is 1. The summed E-state index contributed by atoms with van der Waals surface area (Å²) in [6.45, 7) is 4.37. The molecule has 0 spiro atoms. The van der Waals surface area contributed by atoms with E-state index in [-0.39, 0.29) is 36.5 Å². The van der Waals surface area contributed by atoms with Gasteiger partial charge in [0.1, 0.15) is 35.0 Å². The van der Waals surface area contributed by atoms with Crippen LogP contribution in [0.15, 0.2) is 33.8 Å². The van der Waals surface area contributed by atoms with Crippen LogP contribution in [0.2, 0.25) is 0 Å². The van der Waals surface area contributed by atoms with E-state index in [1.54, 1.807) is 19.9 Å². The summed E-state index contributed by atoms with van der Waals surface area (Å²) < 4.78 is 16.8. The molecule has 2 aliphatic rings. The molecule has 1 amide bonds. The summed E-state index contributed by atoms with van der Waals surface area (Å²) in [5.41, 5.74) is 3.75. The van der Waals surface area contributed by atoms with E-state index in [1.807, 2.05) is 18.2 Å². The summed E-state index contributed by atoms with van der Waals surface area (Å²) in [5.74, 6) is 0.729. The fourth-order valence-corrected chi connectivity index (χ4v) is 3.93. The Balaban J connectivity index is 1.23. The van der Waals surface area contributed by atoms with Gasteiger partial charge < -0.3 is 29.2 Å². The number of nitrogens with one attached hydrogen (secondary N) is 1. The van der Waals surface area contributed by atoms with E-state index < -0.39 is 0 Å². The van der Waals surface area contributed by atoms with Gasteiger partial charge in [0, 0.05) is 19.9 Å². The molecular formula is C23H25N5O6. The van der Waals surface area contributed by atoms with Crippen LogP contribution in [0.4, 0.5) is 0 Å². The Morgan fingerprint density at radius 3 is 2.79 bits per heavy atom. The Labute approximate surface area is 195 Å². The molecule has 0 bridgehead atoms. The third-order valence-electron chi connectivity index (χ3n) is 5.68. The van der Waals surface area contributed by atoms with Crippen LogP contribution in [0, 0.1) is 13.8 Å². The van der Waals surface area contributed by atoms with Gasteiger partial charge in [0.15, 0.2) is 17.6 Å². The largest absolute Gasteiger partial charge is 0.441 e. The minimum Gasteiger partial charge on any atom is -0.441 e. The lowest BCUT2D eigenvalue weighted by molar-refractivity contribution is -0.178. The molecular weight excluding hydrogens is 442 g/mol. The summed E-state index contributed by atoms with van der Waals surface area (Å²) in [7, 11) is 0. The third kappa shape index (κ3) is 4.76. The highest BCUT2D eigenvalue weighted by molar-refractivity contribution is 6.02. The summed E-state index contributed by atoms with van der Waals surface area (Å²) >= 11 is 0. The Kier molecular flexibility index (Phi) is 6.22. The predicted octanol–water partition coefficient (Wildman–Crippen LogP) is 1.43. The van der Waals surface area contributed by atoms with Crippen molar-refractivity contribution in [3.63, 3.8) is 0 Å². The molecule has 0 radical (unpaired) electrons. The van der Waals surface area contributed by atoms with Crippen molar-refractivity contribution in [3.8, 4) is 0 Å². The quantitative estimate of drug-likeness (QED) is 0.551. The van der Waals surface area contributed by atoms with Crippen LogP contribution in [-0.4, -0.2) is 69.8 Å². The first-order valence-electron chi connectivity index (χ1n) is 11.1. The van der Waals surface area contributed by atoms with Gasteiger partial charge in [0.05, 0.1) is 25.5 Å². The second-order valence-corrected chi connectivity index (χ2v) is 8.30. The average Bonchev–Trinajstić information content (AvgIpc) is 3.48. The first-order valence-corrected chi connectivity index (χ1v) is 11.1. The van der Waals surface area contributed by atoms with Crippen LogP contribution < -0.4 is 5.32 Å². The molecule has 34 heavy (non-hydrogen) atoms. The zero-order chi connectivity index (χ0) is 23.7. The number of ether oxygens (including phenoxy) is 2. The van der Waals surface area contributed by atoms with Crippen molar-refractivity contribution in [2.45, 2.75) is 45.1 Å². The van der Waals surface area contributed by atoms with Gasteiger partial charge in [-0.05, 0) is 30.7 Å². The number of rotatable bonds is 6. The summed E-state index contributed by atoms with van der Waals surface area (Å²) in [6, 6.07) is 7.21. The molecule has 11 nitrogen and oxygen atoms in total. The van der Waals surface area contributed by atoms with Crippen molar-refractivity contribution in [1.29, 1.82) is 0 Å². The zero-order valence-electron chi connectivity index (χ0n) is 18.9. The van der Waals surface area contributed by atoms with E-state index in [4.69, 9.17) is 23.8 Å². The number of amides is 1. The van der Waals surface area contributed by atoms with Crippen molar-refractivity contribution >= 4 is 22.7 Å². The molecule has 0 aliphatic carbocycles. The molecule has 11 heteroatoms. The van der Waals surface area contributed by atoms with Gasteiger partial charge in [-0.15, -0.1) is 0 Å². The fraction of sp³-hybridized carbons (Fsp3) is 0.435. The molecule has 1 aromatic carbocycles. The first-order chi connectivity index (χ1) is 16.5. The zero-order valence-corrected chi connectivity index (χ0v) is 18.9. The van der Waals surface area contributed by atoms with Gasteiger partial charge in [-0.3, -0.25) is 4.79 Å². The van der Waals surface area contributed by atoms with Crippen molar-refractivity contribution in [1.82, 2.24) is 20.3 Å². The number of carbonyl (C=O) groups is 1. The first kappa shape index (κ1) is 22.4. The summed E-state index contributed by atoms with van der Waals surface area (Å²) in [4.78, 5) is 31.4. The number of benzene rings is 1. The smallest absolute Gasteiger partial charge is 0.270 e. The second kappa shape index (κ2) is 9.45. The maximum absolute atomic E-state index is 12.8. The molecule has 5 rings (SSSR count). The van der Waals surface area contributed by atoms with Crippen LogP contribution in [0.1, 0.15) is 39.9 Å². The SMILES string of the molecule is Cc1nc(C(=O)NCc2ccc3oc(C)nc3c2)cc(C2=NOC(C3CO[C@H](CO)CO3)C2)n1. The molecule has 178 valence electrons. The lowest BCUT2D eigenvalue weighted by Crippen LogP contribution is -2.43. The molecule has 4 heterocycles. The number of aliphatic hydroxyl groups is 1. The number of aryl methyl sites for hydroxylation is 2. The van der Waals surface area contributed by atoms with Crippen molar-refractivity contribution in [2.24, 2.45) is 5.16 Å². The third-order valence-corrected chi connectivity index (χ3v) is 5.68. The van der Waals surface area contributed by atoms with Gasteiger partial charge in [-0.25, -0.2) is 15.0 Å². The van der Waals surface area contributed by atoms with Crippen LogP contribution in [0.5, 0.6) is 0 Å². The monoisotopic (exact) mass is 467 g/mol. The standard InChI is InChI=1S/C23H25N5O6/c1-12-25-16(17-7-21(34-28-17)22-11-31-15(9-29)10-32-22)6-19(26-12)23(30)24-8-14-3-4-20-18(5-14)27-13(2)33-20/h3-6,15,21-22,29H,7-11H2,1-2H3,(H,24,30)/t15-,21?,22?/m1/s1. The van der Waals surface area contributed by atoms with Crippen molar-refractivity contribution < 1.29 is 28.6 Å². The predicted molar refractivity (Wildman–Crippen MR) is 119 cm³/mol. The molecule has 3 aromatic rings. The molecule has 2 N–H and O–H groups in total. The van der Waals surface area contributed by atoms with Crippen LogP contribution in [-0.2, 0) is 20.9 Å². The minimum absolute atomic E-state index is 0.0838. The Morgan fingerprint density at radius 2 is 2.00 bits per heavy atom. The number of hydrogen-bond donors (Lipinski definition) is 2. The number of oxime groups is 1. The highest BCUT2D eigenvalue weighted by Gasteiger charge is 2.35. The number of aromatic nitrogens is 3. The molecule has 0 saturated carbocycles. The topological polar surface area (TPSA) is 141 Å². The van der Waals surface area contributed by atoms with Crippen LogP contribution in [0.3, 0.4) is 0 Å². The van der Waals surface area contributed by atoms with E-state index in [1.165, 1.54) is 0 Å². The number of nitrogens with zero attached hydrogens (tertiary/aromatic N) is 4.